The summed E-state index contributed by atoms with van der Waals surface area (Å²) in [4.78, 5) is 23.0. The highest BCUT2D eigenvalue weighted by molar-refractivity contribution is 7.18. The minimum atomic E-state index is -0.0142. The Labute approximate surface area is 129 Å². The predicted octanol–water partition coefficient (Wildman–Crippen LogP) is 2.89. The summed E-state index contributed by atoms with van der Waals surface area (Å²) in [6.45, 7) is 8.27. The smallest absolute Gasteiger partial charge is 0.239 e. The van der Waals surface area contributed by atoms with Gasteiger partial charge in [0.1, 0.15) is 16.5 Å². The van der Waals surface area contributed by atoms with Crippen LogP contribution in [0.2, 0.25) is 0 Å². The first-order valence-electron chi connectivity index (χ1n) is 7.33. The van der Waals surface area contributed by atoms with E-state index in [0.717, 1.165) is 34.7 Å². The SMILES string of the molecule is CCc1cc2c(NCC(=O)NC(C)CC)nc(C)nc2s1. The number of carbonyl (C=O) groups is 1. The van der Waals surface area contributed by atoms with Crippen LogP contribution in [0.15, 0.2) is 6.07 Å². The van der Waals surface area contributed by atoms with Gasteiger partial charge in [-0.3, -0.25) is 4.79 Å². The summed E-state index contributed by atoms with van der Waals surface area (Å²) >= 11 is 1.68. The van der Waals surface area contributed by atoms with Crippen molar-refractivity contribution in [2.45, 2.75) is 46.6 Å². The molecule has 0 aliphatic heterocycles. The van der Waals surface area contributed by atoms with Crippen molar-refractivity contribution in [2.24, 2.45) is 0 Å². The Kier molecular flexibility index (Phi) is 5.12. The second-order valence-electron chi connectivity index (χ2n) is 5.13. The fraction of sp³-hybridized carbons (Fsp3) is 0.533. The molecule has 1 atom stereocenters. The number of aryl methyl sites for hydroxylation is 2. The first-order valence-corrected chi connectivity index (χ1v) is 8.15. The van der Waals surface area contributed by atoms with Crippen molar-refractivity contribution in [2.75, 3.05) is 11.9 Å². The number of hydrogen-bond donors (Lipinski definition) is 2. The van der Waals surface area contributed by atoms with Gasteiger partial charge in [0, 0.05) is 10.9 Å². The summed E-state index contributed by atoms with van der Waals surface area (Å²) in [5, 5.41) is 7.07. The molecule has 0 aliphatic carbocycles. The summed E-state index contributed by atoms with van der Waals surface area (Å²) in [6, 6.07) is 2.30. The van der Waals surface area contributed by atoms with E-state index < -0.39 is 0 Å². The van der Waals surface area contributed by atoms with Crippen molar-refractivity contribution in [1.82, 2.24) is 15.3 Å². The van der Waals surface area contributed by atoms with Gasteiger partial charge >= 0.3 is 0 Å². The molecule has 2 heterocycles. The second kappa shape index (κ2) is 6.85. The number of anilines is 1. The van der Waals surface area contributed by atoms with Crippen molar-refractivity contribution in [1.29, 1.82) is 0 Å². The molecule has 2 rings (SSSR count). The first-order chi connectivity index (χ1) is 10.0. The maximum absolute atomic E-state index is 11.9. The molecule has 114 valence electrons. The van der Waals surface area contributed by atoms with Crippen molar-refractivity contribution in [3.8, 4) is 0 Å². The quantitative estimate of drug-likeness (QED) is 0.861. The molecule has 2 aromatic rings. The van der Waals surface area contributed by atoms with Gasteiger partial charge in [-0.2, -0.15) is 0 Å². The standard InChI is InChI=1S/C15H22N4OS/c1-5-9(3)17-13(20)8-16-14-12-7-11(6-2)21-15(12)19-10(4)18-14/h7,9H,5-6,8H2,1-4H3,(H,17,20)(H,16,18,19). The maximum atomic E-state index is 11.9. The Bertz CT molecular complexity index is 638. The number of fused-ring (bicyclic) bond motifs is 1. The average molecular weight is 306 g/mol. The number of nitrogens with one attached hydrogen (secondary N) is 2. The van der Waals surface area contributed by atoms with Crippen molar-refractivity contribution < 1.29 is 4.79 Å². The third-order valence-electron chi connectivity index (χ3n) is 3.34. The molecule has 2 aromatic heterocycles. The monoisotopic (exact) mass is 306 g/mol. The van der Waals surface area contributed by atoms with Gasteiger partial charge in [-0.05, 0) is 32.8 Å². The van der Waals surface area contributed by atoms with Crippen LogP contribution in [-0.4, -0.2) is 28.5 Å². The lowest BCUT2D eigenvalue weighted by Gasteiger charge is -2.12. The molecule has 1 unspecified atom stereocenters. The number of aromatic nitrogens is 2. The van der Waals surface area contributed by atoms with Crippen LogP contribution < -0.4 is 10.6 Å². The van der Waals surface area contributed by atoms with Crippen molar-refractivity contribution in [3.63, 3.8) is 0 Å². The molecule has 0 bridgehead atoms. The number of hydrogen-bond acceptors (Lipinski definition) is 5. The fourth-order valence-electron chi connectivity index (χ4n) is 1.98. The topological polar surface area (TPSA) is 66.9 Å². The minimum Gasteiger partial charge on any atom is -0.360 e. The van der Waals surface area contributed by atoms with E-state index in [4.69, 9.17) is 0 Å². The van der Waals surface area contributed by atoms with Crippen LogP contribution in [0.5, 0.6) is 0 Å². The van der Waals surface area contributed by atoms with E-state index >= 15 is 0 Å². The average Bonchev–Trinajstić information content (AvgIpc) is 2.87. The Balaban J connectivity index is 2.14. The predicted molar refractivity (Wildman–Crippen MR) is 87.9 cm³/mol. The van der Waals surface area contributed by atoms with E-state index in [2.05, 4.69) is 33.6 Å². The molecule has 0 saturated heterocycles. The van der Waals surface area contributed by atoms with Gasteiger partial charge in [0.15, 0.2) is 0 Å². The third kappa shape index (κ3) is 3.91. The molecular formula is C15H22N4OS. The summed E-state index contributed by atoms with van der Waals surface area (Å²) in [5.41, 5.74) is 0. The lowest BCUT2D eigenvalue weighted by atomic mass is 10.2. The number of nitrogens with zero attached hydrogens (tertiary/aromatic N) is 2. The highest BCUT2D eigenvalue weighted by Crippen LogP contribution is 2.29. The van der Waals surface area contributed by atoms with E-state index in [0.29, 0.717) is 0 Å². The van der Waals surface area contributed by atoms with Crippen LogP contribution in [0.25, 0.3) is 10.2 Å². The summed E-state index contributed by atoms with van der Waals surface area (Å²) in [7, 11) is 0. The number of thiophene rings is 1. The summed E-state index contributed by atoms with van der Waals surface area (Å²) in [6.07, 6.45) is 1.90. The van der Waals surface area contributed by atoms with E-state index in [-0.39, 0.29) is 18.5 Å². The zero-order valence-electron chi connectivity index (χ0n) is 13.0. The lowest BCUT2D eigenvalue weighted by Crippen LogP contribution is -2.36. The normalized spacial score (nSPS) is 12.4. The molecule has 6 heteroatoms. The van der Waals surface area contributed by atoms with Gasteiger partial charge in [0.05, 0.1) is 11.9 Å². The molecule has 21 heavy (non-hydrogen) atoms. The van der Waals surface area contributed by atoms with Gasteiger partial charge in [0.2, 0.25) is 5.91 Å². The number of amides is 1. The van der Waals surface area contributed by atoms with Gasteiger partial charge in [-0.1, -0.05) is 13.8 Å². The lowest BCUT2D eigenvalue weighted by molar-refractivity contribution is -0.120. The molecule has 2 N–H and O–H groups in total. The minimum absolute atomic E-state index is 0.0142. The maximum Gasteiger partial charge on any atom is 0.239 e. The molecule has 0 saturated carbocycles. The Morgan fingerprint density at radius 1 is 1.38 bits per heavy atom. The molecule has 1 amide bonds. The highest BCUT2D eigenvalue weighted by Gasteiger charge is 2.11. The zero-order chi connectivity index (χ0) is 15.4. The Morgan fingerprint density at radius 3 is 2.81 bits per heavy atom. The van der Waals surface area contributed by atoms with Crippen LogP contribution in [0, 0.1) is 6.92 Å². The number of carbonyl (C=O) groups excluding carboxylic acids is 1. The van der Waals surface area contributed by atoms with E-state index in [9.17, 15) is 4.79 Å². The molecular weight excluding hydrogens is 284 g/mol. The van der Waals surface area contributed by atoms with Crippen LogP contribution in [0.1, 0.15) is 37.9 Å². The molecule has 0 spiro atoms. The van der Waals surface area contributed by atoms with Crippen LogP contribution in [-0.2, 0) is 11.2 Å². The van der Waals surface area contributed by atoms with Gasteiger partial charge in [0.25, 0.3) is 0 Å². The molecule has 0 radical (unpaired) electrons. The highest BCUT2D eigenvalue weighted by atomic mass is 32.1. The molecule has 0 aliphatic rings. The zero-order valence-corrected chi connectivity index (χ0v) is 13.8. The van der Waals surface area contributed by atoms with Gasteiger partial charge in [-0.25, -0.2) is 9.97 Å². The van der Waals surface area contributed by atoms with E-state index in [1.807, 2.05) is 20.8 Å². The van der Waals surface area contributed by atoms with Crippen molar-refractivity contribution in [3.05, 3.63) is 16.8 Å². The Morgan fingerprint density at radius 2 is 2.14 bits per heavy atom. The first kappa shape index (κ1) is 15.7. The van der Waals surface area contributed by atoms with Crippen molar-refractivity contribution >= 4 is 33.3 Å². The van der Waals surface area contributed by atoms with E-state index in [1.165, 1.54) is 4.88 Å². The van der Waals surface area contributed by atoms with Gasteiger partial charge in [-0.15, -0.1) is 11.3 Å². The van der Waals surface area contributed by atoms with Crippen LogP contribution >= 0.6 is 11.3 Å². The van der Waals surface area contributed by atoms with Crippen LogP contribution in [0.4, 0.5) is 5.82 Å². The number of rotatable bonds is 6. The Hall–Kier alpha value is -1.69. The summed E-state index contributed by atoms with van der Waals surface area (Å²) in [5.74, 6) is 1.45. The molecule has 5 nitrogen and oxygen atoms in total. The third-order valence-corrected chi connectivity index (χ3v) is 4.51. The molecule has 0 fully saturated rings. The summed E-state index contributed by atoms with van der Waals surface area (Å²) < 4.78 is 0. The second-order valence-corrected chi connectivity index (χ2v) is 6.25. The van der Waals surface area contributed by atoms with E-state index in [1.54, 1.807) is 11.3 Å². The van der Waals surface area contributed by atoms with Gasteiger partial charge < -0.3 is 10.6 Å². The fourth-order valence-corrected chi connectivity index (χ4v) is 2.99. The molecule has 0 aromatic carbocycles. The van der Waals surface area contributed by atoms with Crippen LogP contribution in [0.3, 0.4) is 0 Å². The largest absolute Gasteiger partial charge is 0.360 e.